The van der Waals surface area contributed by atoms with Gasteiger partial charge < -0.3 is 5.32 Å². The molecule has 0 aromatic heterocycles. The van der Waals surface area contributed by atoms with Crippen LogP contribution in [0.1, 0.15) is 6.92 Å². The fourth-order valence-corrected chi connectivity index (χ4v) is 2.26. The van der Waals surface area contributed by atoms with Crippen molar-refractivity contribution in [3.05, 3.63) is 48.6 Å². The minimum absolute atomic E-state index is 0.185. The molecule has 0 saturated carbocycles. The van der Waals surface area contributed by atoms with E-state index in [-0.39, 0.29) is 10.8 Å². The monoisotopic (exact) mass is 294 g/mol. The van der Waals surface area contributed by atoms with E-state index in [0.717, 1.165) is 4.31 Å². The van der Waals surface area contributed by atoms with Gasteiger partial charge in [0.1, 0.15) is 0 Å². The predicted octanol–water partition coefficient (Wildman–Crippen LogP) is 2.01. The average molecular weight is 294 g/mol. The van der Waals surface area contributed by atoms with Crippen molar-refractivity contribution in [3.63, 3.8) is 0 Å². The highest BCUT2D eigenvalue weighted by Gasteiger charge is 2.16. The number of amides is 1. The zero-order chi connectivity index (χ0) is 15.2. The van der Waals surface area contributed by atoms with Crippen LogP contribution in [0.4, 0.5) is 5.69 Å². The van der Waals surface area contributed by atoms with Crippen molar-refractivity contribution < 1.29 is 13.2 Å². The number of allylic oxidation sites excluding steroid dienone is 3. The summed E-state index contributed by atoms with van der Waals surface area (Å²) >= 11 is 0. The Morgan fingerprint density at radius 1 is 1.15 bits per heavy atom. The second-order valence-electron chi connectivity index (χ2n) is 4.19. The van der Waals surface area contributed by atoms with Crippen LogP contribution in [0.25, 0.3) is 0 Å². The lowest BCUT2D eigenvalue weighted by atomic mass is 10.3. The van der Waals surface area contributed by atoms with Gasteiger partial charge in [0.05, 0.1) is 4.90 Å². The second-order valence-corrected chi connectivity index (χ2v) is 6.34. The van der Waals surface area contributed by atoms with Crippen LogP contribution in [0, 0.1) is 0 Å². The molecule has 0 saturated heterocycles. The number of rotatable bonds is 5. The van der Waals surface area contributed by atoms with E-state index in [2.05, 4.69) is 5.32 Å². The molecule has 0 atom stereocenters. The standard InChI is InChI=1S/C14H18N2O3S/c1-4-5-6-7-14(17)15-12-8-10-13(11-9-12)20(18,19)16(2)3/h4-11H,1-3H3,(H,15,17)/b5-4+,7-6+. The third kappa shape index (κ3) is 4.32. The molecule has 0 aliphatic carbocycles. The summed E-state index contributed by atoms with van der Waals surface area (Å²) in [6.07, 6.45) is 6.57. The highest BCUT2D eigenvalue weighted by molar-refractivity contribution is 7.89. The maximum Gasteiger partial charge on any atom is 0.248 e. The Bertz CT molecular complexity index is 614. The fourth-order valence-electron chi connectivity index (χ4n) is 1.36. The van der Waals surface area contributed by atoms with Gasteiger partial charge in [-0.1, -0.05) is 18.2 Å². The molecule has 0 fully saturated rings. The zero-order valence-electron chi connectivity index (χ0n) is 11.7. The molecule has 0 heterocycles. The van der Waals surface area contributed by atoms with Crippen LogP contribution < -0.4 is 5.32 Å². The summed E-state index contributed by atoms with van der Waals surface area (Å²) in [6.45, 7) is 1.85. The summed E-state index contributed by atoms with van der Waals surface area (Å²) in [6, 6.07) is 6.02. The molecule has 0 bridgehead atoms. The van der Waals surface area contributed by atoms with Crippen molar-refractivity contribution in [1.29, 1.82) is 0 Å². The minimum Gasteiger partial charge on any atom is -0.323 e. The summed E-state index contributed by atoms with van der Waals surface area (Å²) in [7, 11) is -0.504. The lowest BCUT2D eigenvalue weighted by molar-refractivity contribution is -0.111. The highest BCUT2D eigenvalue weighted by Crippen LogP contribution is 2.16. The van der Waals surface area contributed by atoms with Crippen LogP contribution in [-0.2, 0) is 14.8 Å². The topological polar surface area (TPSA) is 66.5 Å². The van der Waals surface area contributed by atoms with Gasteiger partial charge in [-0.25, -0.2) is 12.7 Å². The van der Waals surface area contributed by atoms with Gasteiger partial charge in [0.15, 0.2) is 0 Å². The van der Waals surface area contributed by atoms with Gasteiger partial charge in [0.25, 0.3) is 0 Å². The Labute approximate surface area is 119 Å². The van der Waals surface area contributed by atoms with Gasteiger partial charge in [0, 0.05) is 25.9 Å². The Morgan fingerprint density at radius 2 is 1.75 bits per heavy atom. The van der Waals surface area contributed by atoms with Crippen LogP contribution >= 0.6 is 0 Å². The molecular formula is C14H18N2O3S. The number of hydrogen-bond acceptors (Lipinski definition) is 3. The largest absolute Gasteiger partial charge is 0.323 e. The normalized spacial score (nSPS) is 12.4. The van der Waals surface area contributed by atoms with E-state index in [1.54, 1.807) is 24.3 Å². The van der Waals surface area contributed by atoms with Crippen LogP contribution in [0.5, 0.6) is 0 Å². The van der Waals surface area contributed by atoms with Gasteiger partial charge in [-0.2, -0.15) is 0 Å². The molecule has 6 heteroatoms. The van der Waals surface area contributed by atoms with E-state index >= 15 is 0 Å². The second kappa shape index (κ2) is 7.02. The highest BCUT2D eigenvalue weighted by atomic mass is 32.2. The molecule has 20 heavy (non-hydrogen) atoms. The van der Waals surface area contributed by atoms with Crippen molar-refractivity contribution in [2.24, 2.45) is 0 Å². The van der Waals surface area contributed by atoms with Gasteiger partial charge in [0.2, 0.25) is 15.9 Å². The third-order valence-electron chi connectivity index (χ3n) is 2.45. The molecular weight excluding hydrogens is 276 g/mol. The fraction of sp³-hybridized carbons (Fsp3) is 0.214. The summed E-state index contributed by atoms with van der Waals surface area (Å²) in [5.41, 5.74) is 0.540. The summed E-state index contributed by atoms with van der Waals surface area (Å²) in [5.74, 6) is -0.272. The Kier molecular flexibility index (Phi) is 5.66. The molecule has 1 aromatic carbocycles. The van der Waals surface area contributed by atoms with Gasteiger partial charge in [-0.3, -0.25) is 4.79 Å². The lowest BCUT2D eigenvalue weighted by Crippen LogP contribution is -2.22. The van der Waals surface area contributed by atoms with E-state index in [1.807, 2.05) is 13.0 Å². The molecule has 0 spiro atoms. The summed E-state index contributed by atoms with van der Waals surface area (Å²) in [5, 5.41) is 2.64. The molecule has 0 aliphatic rings. The number of sulfonamides is 1. The predicted molar refractivity (Wildman–Crippen MR) is 79.9 cm³/mol. The van der Waals surface area contributed by atoms with Crippen LogP contribution in [0.3, 0.4) is 0 Å². The number of carbonyl (C=O) groups excluding carboxylic acids is 1. The van der Waals surface area contributed by atoms with Crippen molar-refractivity contribution in [1.82, 2.24) is 4.31 Å². The average Bonchev–Trinajstić information content (AvgIpc) is 2.39. The lowest BCUT2D eigenvalue weighted by Gasteiger charge is -2.11. The van der Waals surface area contributed by atoms with Crippen LogP contribution in [0.2, 0.25) is 0 Å². The maximum absolute atomic E-state index is 11.9. The van der Waals surface area contributed by atoms with Gasteiger partial charge in [-0.15, -0.1) is 0 Å². The smallest absolute Gasteiger partial charge is 0.248 e. The number of hydrogen-bond donors (Lipinski definition) is 1. The first-order chi connectivity index (χ1) is 9.37. The first kappa shape index (κ1) is 16.1. The SMILES string of the molecule is C/C=C/C=C/C(=O)Nc1ccc(S(=O)(=O)N(C)C)cc1. The Balaban J connectivity index is 2.80. The van der Waals surface area contributed by atoms with Crippen molar-refractivity contribution in [3.8, 4) is 0 Å². The number of anilines is 1. The van der Waals surface area contributed by atoms with E-state index in [0.29, 0.717) is 5.69 Å². The number of benzene rings is 1. The quantitative estimate of drug-likeness (QED) is 0.667. The van der Waals surface area contributed by atoms with E-state index in [1.165, 1.54) is 32.3 Å². The molecule has 5 nitrogen and oxygen atoms in total. The number of carbonyl (C=O) groups is 1. The Morgan fingerprint density at radius 3 is 2.25 bits per heavy atom. The number of nitrogens with zero attached hydrogens (tertiary/aromatic N) is 1. The Hall–Kier alpha value is -1.92. The van der Waals surface area contributed by atoms with E-state index < -0.39 is 10.0 Å². The van der Waals surface area contributed by atoms with Crippen molar-refractivity contribution in [2.75, 3.05) is 19.4 Å². The first-order valence-electron chi connectivity index (χ1n) is 6.01. The summed E-state index contributed by atoms with van der Waals surface area (Å²) in [4.78, 5) is 11.7. The molecule has 1 rings (SSSR count). The molecule has 0 unspecified atom stereocenters. The van der Waals surface area contributed by atoms with Crippen molar-refractivity contribution in [2.45, 2.75) is 11.8 Å². The molecule has 1 aromatic rings. The van der Waals surface area contributed by atoms with Gasteiger partial charge >= 0.3 is 0 Å². The van der Waals surface area contributed by atoms with Crippen molar-refractivity contribution >= 4 is 21.6 Å². The zero-order valence-corrected chi connectivity index (χ0v) is 12.5. The van der Waals surface area contributed by atoms with Gasteiger partial charge in [-0.05, 0) is 31.2 Å². The third-order valence-corrected chi connectivity index (χ3v) is 4.28. The first-order valence-corrected chi connectivity index (χ1v) is 7.45. The molecule has 0 aliphatic heterocycles. The molecule has 1 amide bonds. The summed E-state index contributed by atoms with van der Waals surface area (Å²) < 4.78 is 24.9. The van der Waals surface area contributed by atoms with Crippen LogP contribution in [0.15, 0.2) is 53.5 Å². The van der Waals surface area contributed by atoms with E-state index in [9.17, 15) is 13.2 Å². The van der Waals surface area contributed by atoms with E-state index in [4.69, 9.17) is 0 Å². The molecule has 1 N–H and O–H groups in total. The maximum atomic E-state index is 11.9. The minimum atomic E-state index is -3.44. The molecule has 0 radical (unpaired) electrons. The number of nitrogens with one attached hydrogen (secondary N) is 1. The van der Waals surface area contributed by atoms with Crippen LogP contribution in [-0.4, -0.2) is 32.7 Å². The molecule has 108 valence electrons.